The van der Waals surface area contributed by atoms with Crippen molar-refractivity contribution in [3.63, 3.8) is 0 Å². The predicted octanol–water partition coefficient (Wildman–Crippen LogP) is 3.70. The van der Waals surface area contributed by atoms with Crippen molar-refractivity contribution in [2.75, 3.05) is 0 Å². The Morgan fingerprint density at radius 1 is 0.950 bits per heavy atom. The van der Waals surface area contributed by atoms with Crippen LogP contribution < -0.4 is 5.32 Å². The third kappa shape index (κ3) is 3.44. The van der Waals surface area contributed by atoms with Gasteiger partial charge >= 0.3 is 0 Å². The van der Waals surface area contributed by atoms with E-state index < -0.39 is 0 Å². The zero-order valence-electron chi connectivity index (χ0n) is 12.1. The van der Waals surface area contributed by atoms with E-state index >= 15 is 0 Å². The Kier molecular flexibility index (Phi) is 4.51. The van der Waals surface area contributed by atoms with Gasteiger partial charge in [0, 0.05) is 18.0 Å². The molecule has 1 atom stereocenters. The highest BCUT2D eigenvalue weighted by Gasteiger charge is 2.11. The molecule has 0 saturated carbocycles. The molecule has 0 fully saturated rings. The van der Waals surface area contributed by atoms with E-state index in [1.807, 2.05) is 6.92 Å². The summed E-state index contributed by atoms with van der Waals surface area (Å²) in [5.41, 5.74) is 3.05. The van der Waals surface area contributed by atoms with Gasteiger partial charge in [0.05, 0.1) is 6.04 Å². The SMILES string of the molecule is CC(C)c1ccc([C@H](C)NC(=O)c2ccncc2)cc1. The summed E-state index contributed by atoms with van der Waals surface area (Å²) < 4.78 is 0. The lowest BCUT2D eigenvalue weighted by atomic mass is 9.99. The summed E-state index contributed by atoms with van der Waals surface area (Å²) in [6, 6.07) is 11.8. The first-order chi connectivity index (χ1) is 9.58. The standard InChI is InChI=1S/C17H20N2O/c1-12(2)14-4-6-15(7-5-14)13(3)19-17(20)16-8-10-18-11-9-16/h4-13H,1-3H3,(H,19,20)/t13-/m0/s1. The van der Waals surface area contributed by atoms with Crippen molar-refractivity contribution in [1.82, 2.24) is 10.3 Å². The highest BCUT2D eigenvalue weighted by Crippen LogP contribution is 2.18. The highest BCUT2D eigenvalue weighted by atomic mass is 16.1. The average molecular weight is 268 g/mol. The molecule has 0 radical (unpaired) electrons. The molecule has 2 aromatic rings. The van der Waals surface area contributed by atoms with Gasteiger partial charge in [-0.25, -0.2) is 0 Å². The summed E-state index contributed by atoms with van der Waals surface area (Å²) in [7, 11) is 0. The molecule has 0 aliphatic carbocycles. The van der Waals surface area contributed by atoms with Crippen LogP contribution in [-0.2, 0) is 0 Å². The molecule has 1 N–H and O–H groups in total. The Hall–Kier alpha value is -2.16. The van der Waals surface area contributed by atoms with Crippen LogP contribution in [-0.4, -0.2) is 10.9 Å². The Bertz CT molecular complexity index is 561. The van der Waals surface area contributed by atoms with Crippen molar-refractivity contribution in [3.8, 4) is 0 Å². The molecule has 0 aliphatic heterocycles. The Morgan fingerprint density at radius 3 is 2.05 bits per heavy atom. The van der Waals surface area contributed by atoms with Crippen LogP contribution in [0.25, 0.3) is 0 Å². The van der Waals surface area contributed by atoms with E-state index in [0.717, 1.165) is 5.56 Å². The Balaban J connectivity index is 2.04. The molecule has 20 heavy (non-hydrogen) atoms. The van der Waals surface area contributed by atoms with Gasteiger partial charge in [0.1, 0.15) is 0 Å². The van der Waals surface area contributed by atoms with E-state index in [2.05, 4.69) is 48.4 Å². The van der Waals surface area contributed by atoms with E-state index in [9.17, 15) is 4.79 Å². The van der Waals surface area contributed by atoms with E-state index in [0.29, 0.717) is 11.5 Å². The third-order valence-corrected chi connectivity index (χ3v) is 3.39. The predicted molar refractivity (Wildman–Crippen MR) is 80.6 cm³/mol. The number of nitrogens with zero attached hydrogens (tertiary/aromatic N) is 1. The number of carbonyl (C=O) groups is 1. The van der Waals surface area contributed by atoms with Crippen molar-refractivity contribution in [2.24, 2.45) is 0 Å². The van der Waals surface area contributed by atoms with Gasteiger partial charge in [-0.3, -0.25) is 9.78 Å². The summed E-state index contributed by atoms with van der Waals surface area (Å²) in [5.74, 6) is 0.443. The Morgan fingerprint density at radius 2 is 1.50 bits per heavy atom. The fourth-order valence-corrected chi connectivity index (χ4v) is 2.04. The molecule has 3 nitrogen and oxygen atoms in total. The van der Waals surface area contributed by atoms with Crippen LogP contribution in [0, 0.1) is 0 Å². The fraction of sp³-hybridized carbons (Fsp3) is 0.294. The molecule has 0 unspecified atom stereocenters. The lowest BCUT2D eigenvalue weighted by Gasteiger charge is -2.15. The van der Waals surface area contributed by atoms with Crippen molar-refractivity contribution >= 4 is 5.91 Å². The number of carbonyl (C=O) groups excluding carboxylic acids is 1. The zero-order valence-corrected chi connectivity index (χ0v) is 12.1. The number of hydrogen-bond donors (Lipinski definition) is 1. The minimum atomic E-state index is -0.0761. The molecule has 1 aromatic heterocycles. The fourth-order valence-electron chi connectivity index (χ4n) is 2.04. The van der Waals surface area contributed by atoms with Gasteiger partial charge in [0.15, 0.2) is 0 Å². The maximum absolute atomic E-state index is 12.1. The van der Waals surface area contributed by atoms with Crippen molar-refractivity contribution in [2.45, 2.75) is 32.7 Å². The van der Waals surface area contributed by atoms with Gasteiger partial charge in [-0.05, 0) is 36.1 Å². The summed E-state index contributed by atoms with van der Waals surface area (Å²) >= 11 is 0. The first-order valence-corrected chi connectivity index (χ1v) is 6.88. The summed E-state index contributed by atoms with van der Waals surface area (Å²) in [5, 5.41) is 2.99. The van der Waals surface area contributed by atoms with Gasteiger partial charge in [-0.15, -0.1) is 0 Å². The summed E-state index contributed by atoms with van der Waals surface area (Å²) in [6.45, 7) is 6.33. The molecular weight excluding hydrogens is 248 g/mol. The quantitative estimate of drug-likeness (QED) is 0.918. The van der Waals surface area contributed by atoms with Crippen LogP contribution >= 0.6 is 0 Å². The lowest BCUT2D eigenvalue weighted by Crippen LogP contribution is -2.26. The first-order valence-electron chi connectivity index (χ1n) is 6.88. The molecule has 104 valence electrons. The Labute approximate surface area is 120 Å². The largest absolute Gasteiger partial charge is 0.346 e. The second-order valence-corrected chi connectivity index (χ2v) is 5.25. The van der Waals surface area contributed by atoms with Crippen LogP contribution in [0.1, 0.15) is 54.2 Å². The van der Waals surface area contributed by atoms with Gasteiger partial charge in [0.2, 0.25) is 0 Å². The van der Waals surface area contributed by atoms with Gasteiger partial charge < -0.3 is 5.32 Å². The lowest BCUT2D eigenvalue weighted by molar-refractivity contribution is 0.0940. The van der Waals surface area contributed by atoms with Crippen molar-refractivity contribution in [1.29, 1.82) is 0 Å². The number of nitrogens with one attached hydrogen (secondary N) is 1. The van der Waals surface area contributed by atoms with Gasteiger partial charge in [-0.2, -0.15) is 0 Å². The topological polar surface area (TPSA) is 42.0 Å². The molecule has 0 aliphatic rings. The maximum atomic E-state index is 12.1. The molecule has 2 rings (SSSR count). The van der Waals surface area contributed by atoms with Crippen molar-refractivity contribution in [3.05, 3.63) is 65.5 Å². The number of hydrogen-bond acceptors (Lipinski definition) is 2. The number of aromatic nitrogens is 1. The maximum Gasteiger partial charge on any atom is 0.251 e. The molecule has 0 saturated heterocycles. The minimum Gasteiger partial charge on any atom is -0.346 e. The van der Waals surface area contributed by atoms with E-state index in [-0.39, 0.29) is 11.9 Å². The number of benzene rings is 1. The number of rotatable bonds is 4. The highest BCUT2D eigenvalue weighted by molar-refractivity contribution is 5.94. The molecule has 1 aromatic carbocycles. The van der Waals surface area contributed by atoms with E-state index in [1.54, 1.807) is 24.5 Å². The summed E-state index contributed by atoms with van der Waals surface area (Å²) in [6.07, 6.45) is 3.24. The van der Waals surface area contributed by atoms with E-state index in [1.165, 1.54) is 5.56 Å². The zero-order chi connectivity index (χ0) is 14.5. The molecule has 0 spiro atoms. The molecule has 3 heteroatoms. The normalized spacial score (nSPS) is 12.2. The molecule has 1 heterocycles. The molecular formula is C17H20N2O. The first kappa shape index (κ1) is 14.3. The van der Waals surface area contributed by atoms with Crippen LogP contribution in [0.3, 0.4) is 0 Å². The number of amides is 1. The minimum absolute atomic E-state index is 0.0168. The van der Waals surface area contributed by atoms with Crippen molar-refractivity contribution < 1.29 is 4.79 Å². The van der Waals surface area contributed by atoms with Gasteiger partial charge in [0.25, 0.3) is 5.91 Å². The number of pyridine rings is 1. The van der Waals surface area contributed by atoms with E-state index in [4.69, 9.17) is 0 Å². The van der Waals surface area contributed by atoms with Crippen LogP contribution in [0.4, 0.5) is 0 Å². The smallest absolute Gasteiger partial charge is 0.251 e. The average Bonchev–Trinajstić information content (AvgIpc) is 2.48. The second-order valence-electron chi connectivity index (χ2n) is 5.25. The van der Waals surface area contributed by atoms with Crippen LogP contribution in [0.5, 0.6) is 0 Å². The summed E-state index contributed by atoms with van der Waals surface area (Å²) in [4.78, 5) is 16.0. The van der Waals surface area contributed by atoms with Crippen LogP contribution in [0.15, 0.2) is 48.8 Å². The third-order valence-electron chi connectivity index (χ3n) is 3.39. The second kappa shape index (κ2) is 6.33. The van der Waals surface area contributed by atoms with Crippen LogP contribution in [0.2, 0.25) is 0 Å². The molecule has 1 amide bonds. The monoisotopic (exact) mass is 268 g/mol. The van der Waals surface area contributed by atoms with Gasteiger partial charge in [-0.1, -0.05) is 38.1 Å². The molecule has 0 bridgehead atoms.